The molecule has 1 heterocycles. The van der Waals surface area contributed by atoms with Crippen LogP contribution in [0.5, 0.6) is 0 Å². The van der Waals surface area contributed by atoms with Crippen LogP contribution in [0, 0.1) is 0 Å². The molecule has 1 aliphatic rings. The summed E-state index contributed by atoms with van der Waals surface area (Å²) in [7, 11) is 0. The van der Waals surface area contributed by atoms with Gasteiger partial charge in [-0.15, -0.1) is 0 Å². The molecule has 0 bridgehead atoms. The van der Waals surface area contributed by atoms with E-state index in [1.807, 2.05) is 0 Å². The van der Waals surface area contributed by atoms with Crippen molar-refractivity contribution in [1.29, 1.82) is 0 Å². The van der Waals surface area contributed by atoms with Gasteiger partial charge in [-0.3, -0.25) is 9.59 Å². The van der Waals surface area contributed by atoms with Crippen molar-refractivity contribution >= 4 is 11.8 Å². The van der Waals surface area contributed by atoms with Crippen LogP contribution in [-0.2, 0) is 4.74 Å². The van der Waals surface area contributed by atoms with Crippen molar-refractivity contribution < 1.29 is 14.3 Å². The number of epoxide rings is 1. The molecule has 5 nitrogen and oxygen atoms in total. The Morgan fingerprint density at radius 1 is 1.31 bits per heavy atom. The van der Waals surface area contributed by atoms with E-state index in [0.29, 0.717) is 24.3 Å². The molecule has 1 fully saturated rings. The first-order valence-electron chi connectivity index (χ1n) is 4.96. The highest BCUT2D eigenvalue weighted by molar-refractivity contribution is 5.97. The Bertz CT molecular complexity index is 410. The van der Waals surface area contributed by atoms with E-state index in [1.165, 1.54) is 12.1 Å². The van der Waals surface area contributed by atoms with E-state index in [-0.39, 0.29) is 12.0 Å². The molecule has 2 amide bonds. The van der Waals surface area contributed by atoms with Gasteiger partial charge in [-0.2, -0.15) is 0 Å². The molecular formula is C11H12N2O3. The second-order valence-corrected chi connectivity index (χ2v) is 3.61. The minimum atomic E-state index is -0.502. The van der Waals surface area contributed by atoms with Crippen molar-refractivity contribution in [3.05, 3.63) is 35.4 Å². The van der Waals surface area contributed by atoms with Crippen LogP contribution < -0.4 is 11.1 Å². The average Bonchev–Trinajstić information content (AvgIpc) is 3.10. The second kappa shape index (κ2) is 4.32. The molecule has 0 aromatic heterocycles. The smallest absolute Gasteiger partial charge is 0.251 e. The normalized spacial score (nSPS) is 17.9. The van der Waals surface area contributed by atoms with E-state index in [1.54, 1.807) is 12.1 Å². The molecule has 16 heavy (non-hydrogen) atoms. The van der Waals surface area contributed by atoms with Crippen LogP contribution in [0.1, 0.15) is 20.7 Å². The lowest BCUT2D eigenvalue weighted by Gasteiger charge is -2.03. The lowest BCUT2D eigenvalue weighted by atomic mass is 10.1. The summed E-state index contributed by atoms with van der Waals surface area (Å²) in [4.78, 5) is 22.4. The van der Waals surface area contributed by atoms with Gasteiger partial charge in [0.25, 0.3) is 5.91 Å². The second-order valence-electron chi connectivity index (χ2n) is 3.61. The Labute approximate surface area is 92.6 Å². The fourth-order valence-corrected chi connectivity index (χ4v) is 1.28. The molecule has 84 valence electrons. The Kier molecular flexibility index (Phi) is 2.87. The molecule has 0 saturated carbocycles. The highest BCUT2D eigenvalue weighted by Crippen LogP contribution is 2.08. The number of hydrogen-bond acceptors (Lipinski definition) is 3. The molecule has 1 atom stereocenters. The lowest BCUT2D eigenvalue weighted by molar-refractivity contribution is 0.0947. The Morgan fingerprint density at radius 3 is 2.38 bits per heavy atom. The van der Waals surface area contributed by atoms with Crippen LogP contribution in [-0.4, -0.2) is 31.1 Å². The molecule has 3 N–H and O–H groups in total. The number of carbonyl (C=O) groups excluding carboxylic acids is 2. The summed E-state index contributed by atoms with van der Waals surface area (Å²) in [5.74, 6) is -0.676. The summed E-state index contributed by atoms with van der Waals surface area (Å²) in [6.07, 6.45) is 0.161. The summed E-state index contributed by atoms with van der Waals surface area (Å²) in [5, 5.41) is 2.73. The monoisotopic (exact) mass is 220 g/mol. The van der Waals surface area contributed by atoms with E-state index < -0.39 is 5.91 Å². The fourth-order valence-electron chi connectivity index (χ4n) is 1.28. The van der Waals surface area contributed by atoms with Gasteiger partial charge in [0.2, 0.25) is 5.91 Å². The zero-order chi connectivity index (χ0) is 11.5. The number of nitrogens with one attached hydrogen (secondary N) is 1. The van der Waals surface area contributed by atoms with Crippen LogP contribution in [0.25, 0.3) is 0 Å². The van der Waals surface area contributed by atoms with Crippen molar-refractivity contribution in [2.24, 2.45) is 5.73 Å². The maximum absolute atomic E-state index is 11.6. The fraction of sp³-hybridized carbons (Fsp3) is 0.273. The maximum Gasteiger partial charge on any atom is 0.251 e. The quantitative estimate of drug-likeness (QED) is 0.696. The summed E-state index contributed by atoms with van der Waals surface area (Å²) in [6.45, 7) is 1.23. The van der Waals surface area contributed by atoms with Crippen LogP contribution in [0.15, 0.2) is 24.3 Å². The number of benzene rings is 1. The van der Waals surface area contributed by atoms with Crippen molar-refractivity contribution in [2.75, 3.05) is 13.2 Å². The zero-order valence-electron chi connectivity index (χ0n) is 8.60. The molecule has 0 aliphatic carbocycles. The van der Waals surface area contributed by atoms with E-state index in [4.69, 9.17) is 10.5 Å². The van der Waals surface area contributed by atoms with Crippen LogP contribution >= 0.6 is 0 Å². The Morgan fingerprint density at radius 2 is 1.88 bits per heavy atom. The minimum absolute atomic E-state index is 0.161. The van der Waals surface area contributed by atoms with Gasteiger partial charge in [-0.25, -0.2) is 0 Å². The molecule has 1 aromatic rings. The number of ether oxygens (including phenoxy) is 1. The molecule has 1 unspecified atom stereocenters. The molecule has 1 aliphatic heterocycles. The summed E-state index contributed by atoms with van der Waals surface area (Å²) >= 11 is 0. The average molecular weight is 220 g/mol. The van der Waals surface area contributed by atoms with E-state index >= 15 is 0 Å². The number of hydrogen-bond donors (Lipinski definition) is 2. The molecule has 5 heteroatoms. The summed E-state index contributed by atoms with van der Waals surface area (Å²) < 4.78 is 4.97. The van der Waals surface area contributed by atoms with E-state index in [2.05, 4.69) is 5.32 Å². The third kappa shape index (κ3) is 2.58. The molecular weight excluding hydrogens is 208 g/mol. The van der Waals surface area contributed by atoms with Gasteiger partial charge in [0.05, 0.1) is 12.7 Å². The van der Waals surface area contributed by atoms with Crippen molar-refractivity contribution in [3.8, 4) is 0 Å². The predicted molar refractivity (Wildman–Crippen MR) is 57.0 cm³/mol. The predicted octanol–water partition coefficient (Wildman–Crippen LogP) is -0.0859. The summed E-state index contributed by atoms with van der Waals surface area (Å²) in [6, 6.07) is 6.21. The van der Waals surface area contributed by atoms with Gasteiger partial charge in [-0.1, -0.05) is 0 Å². The third-order valence-corrected chi connectivity index (χ3v) is 2.32. The minimum Gasteiger partial charge on any atom is -0.371 e. The largest absolute Gasteiger partial charge is 0.371 e. The maximum atomic E-state index is 11.6. The van der Waals surface area contributed by atoms with Gasteiger partial charge in [0, 0.05) is 17.7 Å². The highest BCUT2D eigenvalue weighted by Gasteiger charge is 2.22. The zero-order valence-corrected chi connectivity index (χ0v) is 8.60. The molecule has 2 rings (SSSR count). The number of nitrogens with two attached hydrogens (primary N) is 1. The van der Waals surface area contributed by atoms with Crippen molar-refractivity contribution in [3.63, 3.8) is 0 Å². The van der Waals surface area contributed by atoms with E-state index in [0.717, 1.165) is 0 Å². The number of rotatable bonds is 4. The number of primary amides is 1. The first-order valence-corrected chi connectivity index (χ1v) is 4.96. The molecule has 0 spiro atoms. The molecule has 1 saturated heterocycles. The van der Waals surface area contributed by atoms with Crippen molar-refractivity contribution in [2.45, 2.75) is 6.10 Å². The standard InChI is InChI=1S/C11H12N2O3/c12-10(14)7-1-3-8(4-2-7)11(15)13-5-9-6-16-9/h1-4,9H,5-6H2,(H2,12,14)(H,13,15). The van der Waals surface area contributed by atoms with Gasteiger partial charge < -0.3 is 15.8 Å². The highest BCUT2D eigenvalue weighted by atomic mass is 16.6. The topological polar surface area (TPSA) is 84.7 Å². The first-order chi connectivity index (χ1) is 7.66. The third-order valence-electron chi connectivity index (χ3n) is 2.32. The van der Waals surface area contributed by atoms with Crippen LogP contribution in [0.3, 0.4) is 0 Å². The Balaban J connectivity index is 1.96. The first kappa shape index (κ1) is 10.6. The number of carbonyl (C=O) groups is 2. The van der Waals surface area contributed by atoms with Crippen molar-refractivity contribution in [1.82, 2.24) is 5.32 Å². The van der Waals surface area contributed by atoms with Crippen LogP contribution in [0.4, 0.5) is 0 Å². The van der Waals surface area contributed by atoms with Crippen LogP contribution in [0.2, 0.25) is 0 Å². The van der Waals surface area contributed by atoms with E-state index in [9.17, 15) is 9.59 Å². The SMILES string of the molecule is NC(=O)c1ccc(C(=O)NCC2CO2)cc1. The lowest BCUT2D eigenvalue weighted by Crippen LogP contribution is -2.27. The Hall–Kier alpha value is -1.88. The molecule has 1 aromatic carbocycles. The van der Waals surface area contributed by atoms with Gasteiger partial charge in [-0.05, 0) is 24.3 Å². The summed E-state index contributed by atoms with van der Waals surface area (Å²) in [5.41, 5.74) is 5.99. The molecule has 0 radical (unpaired) electrons. The number of amides is 2. The van der Waals surface area contributed by atoms with Gasteiger partial charge >= 0.3 is 0 Å². The van der Waals surface area contributed by atoms with Gasteiger partial charge in [0.15, 0.2) is 0 Å². The van der Waals surface area contributed by atoms with Gasteiger partial charge in [0.1, 0.15) is 0 Å².